The maximum Gasteiger partial charge on any atom is 0.305 e. The molecule has 2 aromatic rings. The van der Waals surface area contributed by atoms with Crippen molar-refractivity contribution in [2.75, 3.05) is 6.61 Å². The van der Waals surface area contributed by atoms with E-state index in [1.807, 2.05) is 43.3 Å². The molecule has 0 saturated heterocycles. The van der Waals surface area contributed by atoms with Gasteiger partial charge in [0.15, 0.2) is 0 Å². The predicted octanol–water partition coefficient (Wildman–Crippen LogP) is 5.25. The van der Waals surface area contributed by atoms with E-state index in [9.17, 15) is 9.59 Å². The maximum absolute atomic E-state index is 12.2. The molecule has 2 rings (SSSR count). The molecule has 1 amide bonds. The zero-order valence-corrected chi connectivity index (χ0v) is 18.1. The van der Waals surface area contributed by atoms with Gasteiger partial charge in [-0.05, 0) is 56.1 Å². The Balaban J connectivity index is 1.53. The summed E-state index contributed by atoms with van der Waals surface area (Å²) in [6, 6.07) is 20.5. The number of esters is 1. The molecule has 162 valence electrons. The summed E-state index contributed by atoms with van der Waals surface area (Å²) in [7, 11) is 0. The van der Waals surface area contributed by atoms with Crippen LogP contribution in [0.4, 0.5) is 0 Å². The zero-order valence-electron chi connectivity index (χ0n) is 18.1. The standard InChI is InChI=1S/C26H35NO3/c1-2-24(27-25(28)19-11-9-17-22-13-5-3-6-14-22)21-30-26(29)20-12-10-18-23-15-7-4-8-16-23/h3-8,13-16,24H,2,9-12,17-21H2,1H3,(H,27,28)/t24-/m0/s1. The van der Waals surface area contributed by atoms with Crippen molar-refractivity contribution in [1.82, 2.24) is 5.32 Å². The molecule has 0 aliphatic heterocycles. The van der Waals surface area contributed by atoms with Gasteiger partial charge in [0.2, 0.25) is 5.91 Å². The van der Waals surface area contributed by atoms with Gasteiger partial charge in [-0.3, -0.25) is 9.59 Å². The Labute approximate surface area is 181 Å². The molecule has 0 spiro atoms. The predicted molar refractivity (Wildman–Crippen MR) is 121 cm³/mol. The number of hydrogen-bond donors (Lipinski definition) is 1. The van der Waals surface area contributed by atoms with E-state index in [0.717, 1.165) is 44.9 Å². The number of amides is 1. The topological polar surface area (TPSA) is 55.4 Å². The van der Waals surface area contributed by atoms with E-state index in [0.29, 0.717) is 12.8 Å². The monoisotopic (exact) mass is 409 g/mol. The lowest BCUT2D eigenvalue weighted by atomic mass is 10.1. The highest BCUT2D eigenvalue weighted by atomic mass is 16.5. The van der Waals surface area contributed by atoms with Gasteiger partial charge in [0.1, 0.15) is 6.61 Å². The molecule has 4 heteroatoms. The Hall–Kier alpha value is -2.62. The molecule has 30 heavy (non-hydrogen) atoms. The first-order valence-corrected chi connectivity index (χ1v) is 11.2. The highest BCUT2D eigenvalue weighted by Gasteiger charge is 2.13. The van der Waals surface area contributed by atoms with Gasteiger partial charge in [-0.2, -0.15) is 0 Å². The molecule has 0 aliphatic carbocycles. The van der Waals surface area contributed by atoms with Gasteiger partial charge in [0.25, 0.3) is 0 Å². The Kier molecular flexibility index (Phi) is 11.3. The summed E-state index contributed by atoms with van der Waals surface area (Å²) in [6.45, 7) is 2.25. The molecular formula is C26H35NO3. The van der Waals surface area contributed by atoms with Crippen molar-refractivity contribution in [1.29, 1.82) is 0 Å². The van der Waals surface area contributed by atoms with Crippen molar-refractivity contribution in [2.45, 2.75) is 70.8 Å². The smallest absolute Gasteiger partial charge is 0.305 e. The molecule has 1 atom stereocenters. The summed E-state index contributed by atoms with van der Waals surface area (Å²) in [5.41, 5.74) is 2.60. The third-order valence-corrected chi connectivity index (χ3v) is 5.20. The molecular weight excluding hydrogens is 374 g/mol. The number of carbonyl (C=O) groups excluding carboxylic acids is 2. The number of benzene rings is 2. The Bertz CT molecular complexity index is 730. The van der Waals surface area contributed by atoms with Crippen LogP contribution in [0.5, 0.6) is 0 Å². The largest absolute Gasteiger partial charge is 0.463 e. The molecule has 0 aromatic heterocycles. The molecule has 2 aromatic carbocycles. The van der Waals surface area contributed by atoms with Crippen molar-refractivity contribution in [3.05, 3.63) is 71.8 Å². The Morgan fingerprint density at radius 1 is 0.800 bits per heavy atom. The molecule has 0 heterocycles. The molecule has 0 fully saturated rings. The minimum absolute atomic E-state index is 0.0359. The summed E-state index contributed by atoms with van der Waals surface area (Å²) in [6.07, 6.45) is 7.29. The van der Waals surface area contributed by atoms with Crippen molar-refractivity contribution in [3.8, 4) is 0 Å². The summed E-state index contributed by atoms with van der Waals surface area (Å²) in [4.78, 5) is 24.1. The van der Waals surface area contributed by atoms with Gasteiger partial charge in [-0.15, -0.1) is 0 Å². The van der Waals surface area contributed by atoms with E-state index in [2.05, 4.69) is 29.6 Å². The van der Waals surface area contributed by atoms with Crippen molar-refractivity contribution in [3.63, 3.8) is 0 Å². The first-order valence-electron chi connectivity index (χ1n) is 11.2. The molecule has 4 nitrogen and oxygen atoms in total. The van der Waals surface area contributed by atoms with E-state index in [-0.39, 0.29) is 24.5 Å². The first-order chi connectivity index (χ1) is 14.7. The van der Waals surface area contributed by atoms with Crippen molar-refractivity contribution >= 4 is 11.9 Å². The Morgan fingerprint density at radius 3 is 1.87 bits per heavy atom. The number of ether oxygens (including phenoxy) is 1. The second-order valence-corrected chi connectivity index (χ2v) is 7.74. The highest BCUT2D eigenvalue weighted by molar-refractivity contribution is 5.76. The first kappa shape index (κ1) is 23.7. The van der Waals surface area contributed by atoms with Gasteiger partial charge in [-0.25, -0.2) is 0 Å². The maximum atomic E-state index is 12.2. The summed E-state index contributed by atoms with van der Waals surface area (Å²) in [5.74, 6) is -0.146. The van der Waals surface area contributed by atoms with Gasteiger partial charge < -0.3 is 10.1 Å². The minimum atomic E-state index is -0.182. The van der Waals surface area contributed by atoms with Crippen LogP contribution >= 0.6 is 0 Å². The molecule has 0 radical (unpaired) electrons. The number of rotatable bonds is 14. The molecule has 1 N–H and O–H groups in total. The van der Waals surface area contributed by atoms with Crippen LogP contribution in [-0.4, -0.2) is 24.5 Å². The van der Waals surface area contributed by atoms with Crippen LogP contribution in [0.2, 0.25) is 0 Å². The molecule has 0 unspecified atom stereocenters. The van der Waals surface area contributed by atoms with Crippen LogP contribution in [0.1, 0.15) is 63.0 Å². The Morgan fingerprint density at radius 2 is 1.33 bits per heavy atom. The summed E-state index contributed by atoms with van der Waals surface area (Å²) >= 11 is 0. The van der Waals surface area contributed by atoms with Crippen molar-refractivity contribution in [2.24, 2.45) is 0 Å². The molecule has 0 saturated carbocycles. The number of nitrogens with one attached hydrogen (secondary N) is 1. The van der Waals surface area contributed by atoms with Gasteiger partial charge >= 0.3 is 5.97 Å². The van der Waals surface area contributed by atoms with Crippen LogP contribution in [0.15, 0.2) is 60.7 Å². The highest BCUT2D eigenvalue weighted by Crippen LogP contribution is 2.08. The lowest BCUT2D eigenvalue weighted by Crippen LogP contribution is -2.38. The second-order valence-electron chi connectivity index (χ2n) is 7.74. The van der Waals surface area contributed by atoms with E-state index in [1.54, 1.807) is 0 Å². The fourth-order valence-electron chi connectivity index (χ4n) is 3.33. The third-order valence-electron chi connectivity index (χ3n) is 5.20. The second kappa shape index (κ2) is 14.4. The van der Waals surface area contributed by atoms with Crippen LogP contribution in [0.25, 0.3) is 0 Å². The average molecular weight is 410 g/mol. The van der Waals surface area contributed by atoms with Crippen molar-refractivity contribution < 1.29 is 14.3 Å². The van der Waals surface area contributed by atoms with Gasteiger partial charge in [0.05, 0.1) is 6.04 Å². The number of carbonyl (C=O) groups is 2. The zero-order chi connectivity index (χ0) is 21.4. The normalized spacial score (nSPS) is 11.6. The number of unbranched alkanes of at least 4 members (excludes halogenated alkanes) is 2. The fraction of sp³-hybridized carbons (Fsp3) is 0.462. The lowest BCUT2D eigenvalue weighted by Gasteiger charge is -2.17. The van der Waals surface area contributed by atoms with Crippen LogP contribution < -0.4 is 5.32 Å². The number of hydrogen-bond acceptors (Lipinski definition) is 3. The van der Waals surface area contributed by atoms with E-state index >= 15 is 0 Å². The van der Waals surface area contributed by atoms with E-state index < -0.39 is 0 Å². The molecule has 0 bridgehead atoms. The van der Waals surface area contributed by atoms with Gasteiger partial charge in [0, 0.05) is 12.8 Å². The fourth-order valence-corrected chi connectivity index (χ4v) is 3.33. The average Bonchev–Trinajstić information content (AvgIpc) is 2.78. The quantitative estimate of drug-likeness (QED) is 0.342. The van der Waals surface area contributed by atoms with Crippen LogP contribution in [0, 0.1) is 0 Å². The van der Waals surface area contributed by atoms with Crippen LogP contribution in [0.3, 0.4) is 0 Å². The van der Waals surface area contributed by atoms with Gasteiger partial charge in [-0.1, -0.05) is 67.6 Å². The molecule has 0 aliphatic rings. The third kappa shape index (κ3) is 10.2. The summed E-state index contributed by atoms with van der Waals surface area (Å²) in [5, 5.41) is 2.99. The SMILES string of the molecule is CC[C@@H](COC(=O)CCCCc1ccccc1)NC(=O)CCCCc1ccccc1. The lowest BCUT2D eigenvalue weighted by molar-refractivity contribution is -0.145. The number of aryl methyl sites for hydroxylation is 2. The van der Waals surface area contributed by atoms with E-state index in [1.165, 1.54) is 11.1 Å². The minimum Gasteiger partial charge on any atom is -0.463 e. The van der Waals surface area contributed by atoms with E-state index in [4.69, 9.17) is 4.74 Å². The van der Waals surface area contributed by atoms with Crippen LogP contribution in [-0.2, 0) is 27.2 Å². The summed E-state index contributed by atoms with van der Waals surface area (Å²) < 4.78 is 5.38.